The molecule has 0 saturated heterocycles. The second-order valence-electron chi connectivity index (χ2n) is 9.36. The number of nitrogens with one attached hydrogen (secondary N) is 1. The van der Waals surface area contributed by atoms with E-state index in [9.17, 15) is 4.79 Å². The van der Waals surface area contributed by atoms with Crippen LogP contribution in [0.1, 0.15) is 37.9 Å². The Labute approximate surface area is 214 Å². The Morgan fingerprint density at radius 2 is 1.50 bits per heavy atom. The molecule has 36 heavy (non-hydrogen) atoms. The highest BCUT2D eigenvalue weighted by molar-refractivity contribution is 7.80. The van der Waals surface area contributed by atoms with Gasteiger partial charge in [-0.1, -0.05) is 31.4 Å². The second-order valence-corrected chi connectivity index (χ2v) is 9.75. The van der Waals surface area contributed by atoms with Crippen molar-refractivity contribution in [2.75, 3.05) is 14.2 Å². The van der Waals surface area contributed by atoms with E-state index in [4.69, 9.17) is 31.7 Å². The van der Waals surface area contributed by atoms with Crippen molar-refractivity contribution in [2.24, 2.45) is 0 Å². The Kier molecular flexibility index (Phi) is 5.48. The molecule has 0 bridgehead atoms. The number of thiocarbonyl (C=S) groups is 1. The molecule has 1 saturated carbocycles. The van der Waals surface area contributed by atoms with Crippen LogP contribution in [0.25, 0.3) is 33.4 Å². The van der Waals surface area contributed by atoms with Crippen molar-refractivity contribution >= 4 is 28.4 Å². The van der Waals surface area contributed by atoms with Gasteiger partial charge in [-0.15, -0.1) is 0 Å². The Morgan fingerprint density at radius 1 is 0.889 bits per heavy atom. The molecular formula is C28H26N4O3S. The highest BCUT2D eigenvalue weighted by Crippen LogP contribution is 2.40. The van der Waals surface area contributed by atoms with E-state index in [2.05, 4.69) is 5.32 Å². The van der Waals surface area contributed by atoms with Crippen LogP contribution in [0.3, 0.4) is 0 Å². The van der Waals surface area contributed by atoms with E-state index in [0.29, 0.717) is 22.0 Å². The molecule has 1 N–H and O–H groups in total. The molecule has 6 rings (SSSR count). The van der Waals surface area contributed by atoms with E-state index in [1.165, 1.54) is 6.42 Å². The summed E-state index contributed by atoms with van der Waals surface area (Å²) in [6.45, 7) is 0. The van der Waals surface area contributed by atoms with E-state index >= 15 is 0 Å². The fourth-order valence-corrected chi connectivity index (χ4v) is 5.78. The predicted octanol–water partition coefficient (Wildman–Crippen LogP) is 5.04. The van der Waals surface area contributed by atoms with Crippen LogP contribution in [-0.4, -0.2) is 33.9 Å². The van der Waals surface area contributed by atoms with Gasteiger partial charge in [0.25, 0.3) is 5.56 Å². The highest BCUT2D eigenvalue weighted by Gasteiger charge is 2.45. The first-order chi connectivity index (χ1) is 17.5. The van der Waals surface area contributed by atoms with Gasteiger partial charge in [0.15, 0.2) is 10.8 Å². The average Bonchev–Trinajstić information content (AvgIpc) is 3.18. The summed E-state index contributed by atoms with van der Waals surface area (Å²) < 4.78 is 12.3. The number of pyridine rings is 1. The lowest BCUT2D eigenvalue weighted by molar-refractivity contribution is 0.270. The Balaban J connectivity index is 1.63. The maximum atomic E-state index is 14.0. The van der Waals surface area contributed by atoms with E-state index in [1.54, 1.807) is 18.8 Å². The van der Waals surface area contributed by atoms with Gasteiger partial charge in [-0.25, -0.2) is 14.5 Å². The number of rotatable bonds is 4. The van der Waals surface area contributed by atoms with Crippen LogP contribution in [0, 0.1) is 0 Å². The lowest BCUT2D eigenvalue weighted by Gasteiger charge is -2.32. The number of methoxy groups -OCH3 is 2. The Morgan fingerprint density at radius 3 is 2.11 bits per heavy atom. The number of hydrogen-bond acceptors (Lipinski definition) is 6. The molecule has 182 valence electrons. The van der Waals surface area contributed by atoms with Crippen molar-refractivity contribution in [2.45, 2.75) is 37.6 Å². The molecule has 7 nitrogen and oxygen atoms in total. The topological polar surface area (TPSA) is 78.3 Å². The number of ether oxygens (including phenoxy) is 2. The van der Waals surface area contributed by atoms with Crippen LogP contribution in [-0.2, 0) is 5.54 Å². The minimum Gasteiger partial charge on any atom is -0.497 e. The first-order valence-electron chi connectivity index (χ1n) is 12.1. The predicted molar refractivity (Wildman–Crippen MR) is 144 cm³/mol. The van der Waals surface area contributed by atoms with Gasteiger partial charge in [-0.05, 0) is 73.1 Å². The molecule has 1 aliphatic heterocycles. The molecule has 1 aliphatic carbocycles. The van der Waals surface area contributed by atoms with Crippen LogP contribution < -0.4 is 20.3 Å². The van der Waals surface area contributed by atoms with E-state index in [-0.39, 0.29) is 5.56 Å². The maximum Gasteiger partial charge on any atom is 0.270 e. The van der Waals surface area contributed by atoms with E-state index in [1.807, 2.05) is 54.6 Å². The highest BCUT2D eigenvalue weighted by atomic mass is 32.1. The summed E-state index contributed by atoms with van der Waals surface area (Å²) in [5.74, 6) is 2.19. The van der Waals surface area contributed by atoms with Gasteiger partial charge in [-0.3, -0.25) is 4.79 Å². The normalized spacial score (nSPS) is 16.1. The number of benzene rings is 2. The molecule has 8 heteroatoms. The van der Waals surface area contributed by atoms with Gasteiger partial charge in [0.2, 0.25) is 0 Å². The average molecular weight is 499 g/mol. The zero-order valence-corrected chi connectivity index (χ0v) is 21.0. The van der Waals surface area contributed by atoms with Gasteiger partial charge in [0, 0.05) is 11.1 Å². The fourth-order valence-electron chi connectivity index (χ4n) is 5.42. The maximum absolute atomic E-state index is 14.0. The zero-order chi connectivity index (χ0) is 24.9. The fraction of sp³-hybridized carbons (Fsp3) is 0.286. The lowest BCUT2D eigenvalue weighted by atomic mass is 9.81. The van der Waals surface area contributed by atoms with Crippen LogP contribution in [0.2, 0.25) is 0 Å². The summed E-state index contributed by atoms with van der Waals surface area (Å²) in [4.78, 5) is 24.0. The van der Waals surface area contributed by atoms with Crippen molar-refractivity contribution in [3.63, 3.8) is 0 Å². The molecule has 2 aliphatic rings. The molecular weight excluding hydrogens is 472 g/mol. The third-order valence-corrected chi connectivity index (χ3v) is 7.60. The summed E-state index contributed by atoms with van der Waals surface area (Å²) in [7, 11) is 3.27. The number of aromatic nitrogens is 3. The SMILES string of the molecule is COc1ccc(-c2cc(-c3ccc(OC)cc3)c3c(=O)n4c(nc3n2)C2(CCCCC2)NC4=S)cc1. The van der Waals surface area contributed by atoms with Crippen LogP contribution in [0.15, 0.2) is 59.4 Å². The summed E-state index contributed by atoms with van der Waals surface area (Å²) in [5, 5.41) is 4.34. The summed E-state index contributed by atoms with van der Waals surface area (Å²) >= 11 is 5.66. The van der Waals surface area contributed by atoms with Crippen LogP contribution in [0.5, 0.6) is 11.5 Å². The summed E-state index contributed by atoms with van der Waals surface area (Å²) in [6.07, 6.45) is 5.11. The summed E-state index contributed by atoms with van der Waals surface area (Å²) in [5.41, 5.74) is 3.13. The van der Waals surface area contributed by atoms with Crippen molar-refractivity contribution in [1.82, 2.24) is 19.9 Å². The monoisotopic (exact) mass is 498 g/mol. The molecule has 4 aromatic rings. The second kappa shape index (κ2) is 8.71. The molecule has 2 aromatic carbocycles. The first-order valence-corrected chi connectivity index (χ1v) is 12.5. The lowest BCUT2D eigenvalue weighted by Crippen LogP contribution is -2.41. The number of fused-ring (bicyclic) bond motifs is 3. The number of hydrogen-bond donors (Lipinski definition) is 1. The van der Waals surface area contributed by atoms with E-state index in [0.717, 1.165) is 59.6 Å². The van der Waals surface area contributed by atoms with Gasteiger partial charge >= 0.3 is 0 Å². The third-order valence-electron chi connectivity index (χ3n) is 7.31. The molecule has 0 atom stereocenters. The molecule has 1 spiro atoms. The molecule has 0 unspecified atom stereocenters. The largest absolute Gasteiger partial charge is 0.497 e. The summed E-state index contributed by atoms with van der Waals surface area (Å²) in [6, 6.07) is 17.3. The third kappa shape index (κ3) is 3.55. The van der Waals surface area contributed by atoms with Crippen molar-refractivity contribution < 1.29 is 9.47 Å². The number of nitrogens with zero attached hydrogens (tertiary/aromatic N) is 3. The minimum absolute atomic E-state index is 0.186. The Bertz CT molecular complexity index is 1540. The quantitative estimate of drug-likeness (QED) is 0.395. The zero-order valence-electron chi connectivity index (χ0n) is 20.2. The first kappa shape index (κ1) is 22.7. The van der Waals surface area contributed by atoms with Gasteiger partial charge in [0.1, 0.15) is 17.3 Å². The van der Waals surface area contributed by atoms with Gasteiger partial charge < -0.3 is 14.8 Å². The molecule has 2 aromatic heterocycles. The van der Waals surface area contributed by atoms with Crippen molar-refractivity contribution in [3.8, 4) is 33.9 Å². The molecule has 3 heterocycles. The molecule has 0 amide bonds. The molecule has 1 fully saturated rings. The van der Waals surface area contributed by atoms with Crippen LogP contribution in [0.4, 0.5) is 0 Å². The van der Waals surface area contributed by atoms with E-state index < -0.39 is 5.54 Å². The van der Waals surface area contributed by atoms with Crippen molar-refractivity contribution in [1.29, 1.82) is 0 Å². The van der Waals surface area contributed by atoms with Crippen LogP contribution >= 0.6 is 12.2 Å². The Hall–Kier alpha value is -3.78. The smallest absolute Gasteiger partial charge is 0.270 e. The molecule has 0 radical (unpaired) electrons. The minimum atomic E-state index is -0.402. The standard InChI is InChI=1S/C28H26N4O3S/c1-34-19-10-6-17(7-11-19)21-16-22(18-8-12-20(35-2)13-9-18)29-24-23(21)25(33)32-26(30-24)28(31-27(32)36)14-4-3-5-15-28/h6-13,16H,3-5,14-15H2,1-2H3,(H,31,36). The van der Waals surface area contributed by atoms with Gasteiger partial charge in [0.05, 0.1) is 30.8 Å². The van der Waals surface area contributed by atoms with Crippen molar-refractivity contribution in [3.05, 3.63) is 70.8 Å². The van der Waals surface area contributed by atoms with Gasteiger partial charge in [-0.2, -0.15) is 0 Å².